The molecule has 0 N–H and O–H groups in total. The van der Waals surface area contributed by atoms with E-state index in [0.29, 0.717) is 10.5 Å². The fraction of sp³-hybridized carbons (Fsp3) is 0.100. The first-order chi connectivity index (χ1) is 6.79. The molecule has 1 aromatic heterocycles. The molecule has 1 heterocycles. The Balaban J connectivity index is 2.33. The van der Waals surface area contributed by atoms with Gasteiger partial charge in [-0.2, -0.15) is 4.79 Å². The van der Waals surface area contributed by atoms with Gasteiger partial charge in [-0.3, -0.25) is 0 Å². The molecule has 0 saturated heterocycles. The lowest BCUT2D eigenvalue weighted by Crippen LogP contribution is -1.82. The van der Waals surface area contributed by atoms with E-state index in [0.717, 1.165) is 17.6 Å². The maximum Gasteiger partial charge on any atom is 0.127 e. The minimum atomic E-state index is 0.430. The van der Waals surface area contributed by atoms with Crippen LogP contribution in [0.1, 0.15) is 0 Å². The van der Waals surface area contributed by atoms with Crippen molar-refractivity contribution in [2.75, 3.05) is 7.11 Å². The Morgan fingerprint density at radius 2 is 2.00 bits per heavy atom. The molecular weight excluding hydrogens is 183 g/mol. The molecule has 1 aromatic carbocycles. The maximum atomic E-state index is 12.6. The van der Waals surface area contributed by atoms with Gasteiger partial charge in [-0.05, 0) is 24.3 Å². The molecule has 4 heteroatoms. The molecule has 0 radical (unpaired) electrons. The van der Waals surface area contributed by atoms with Crippen molar-refractivity contribution in [1.29, 1.82) is 0 Å². The van der Waals surface area contributed by atoms with Gasteiger partial charge >= 0.3 is 0 Å². The van der Waals surface area contributed by atoms with Crippen LogP contribution in [0.3, 0.4) is 0 Å². The average molecular weight is 192 g/mol. The van der Waals surface area contributed by atoms with Gasteiger partial charge in [0.2, 0.25) is 0 Å². The number of rotatable bonds is 2. The van der Waals surface area contributed by atoms with E-state index in [1.807, 2.05) is 24.3 Å². The summed E-state index contributed by atoms with van der Waals surface area (Å²) in [5, 5.41) is 0. The first-order valence-electron chi connectivity index (χ1n) is 4.14. The summed E-state index contributed by atoms with van der Waals surface area (Å²) in [6.07, 6.45) is 2.45. The molecule has 0 aliphatic carbocycles. The van der Waals surface area contributed by atoms with Gasteiger partial charge in [0.1, 0.15) is 12.1 Å². The van der Waals surface area contributed by atoms with E-state index < -0.39 is 0 Å². The van der Waals surface area contributed by atoms with Gasteiger partial charge in [0, 0.05) is 5.56 Å². The highest BCUT2D eigenvalue weighted by Gasteiger charge is 2.01. The average Bonchev–Trinajstić information content (AvgIpc) is 2.65. The second kappa shape index (κ2) is 3.49. The van der Waals surface area contributed by atoms with E-state index >= 15 is 0 Å². The van der Waals surface area contributed by atoms with Crippen molar-refractivity contribution >= 4 is 0 Å². The lowest BCUT2D eigenvalue weighted by atomic mass is 10.2. The molecule has 0 unspecified atom stereocenters. The van der Waals surface area contributed by atoms with Gasteiger partial charge in [0.15, 0.2) is 0 Å². The summed E-state index contributed by atoms with van der Waals surface area (Å²) in [5.74, 6) is 0.772. The predicted molar refractivity (Wildman–Crippen MR) is 50.7 cm³/mol. The minimum absolute atomic E-state index is 0.430. The molecule has 0 fully saturated rings. The van der Waals surface area contributed by atoms with Crippen LogP contribution < -0.4 is 4.74 Å². The number of methoxy groups -OCH3 is 1. The third-order valence-electron chi connectivity index (χ3n) is 1.94. The van der Waals surface area contributed by atoms with E-state index in [1.54, 1.807) is 7.11 Å². The number of nitrogens with zero attached hydrogens (tertiary/aromatic N) is 2. The normalized spacial score (nSPS) is 10.1. The molecule has 0 spiro atoms. The van der Waals surface area contributed by atoms with E-state index in [2.05, 4.69) is 4.98 Å². The monoisotopic (exact) mass is 192 g/mol. The van der Waals surface area contributed by atoms with Crippen molar-refractivity contribution in [3.8, 4) is 17.0 Å². The Morgan fingerprint density at radius 1 is 1.29 bits per heavy atom. The van der Waals surface area contributed by atoms with Crippen LogP contribution in [0.15, 0.2) is 36.8 Å². The lowest BCUT2D eigenvalue weighted by molar-refractivity contribution is 0.368. The van der Waals surface area contributed by atoms with Gasteiger partial charge in [-0.25, -0.2) is 4.98 Å². The first kappa shape index (κ1) is 8.74. The van der Waals surface area contributed by atoms with E-state index in [9.17, 15) is 4.48 Å². The van der Waals surface area contributed by atoms with Crippen LogP contribution >= 0.6 is 0 Å². The number of hydrogen-bond donors (Lipinski definition) is 0. The summed E-state index contributed by atoms with van der Waals surface area (Å²) < 4.78 is 17.6. The smallest absolute Gasteiger partial charge is 0.127 e. The number of ether oxygens (including phenoxy) is 1. The molecule has 0 bridgehead atoms. The van der Waals surface area contributed by atoms with Crippen LogP contribution in [-0.4, -0.2) is 16.9 Å². The number of benzene rings is 1. The van der Waals surface area contributed by atoms with Crippen LogP contribution in [0.4, 0.5) is 4.48 Å². The van der Waals surface area contributed by atoms with Gasteiger partial charge in [0.05, 0.1) is 19.0 Å². The second-order valence-electron chi connectivity index (χ2n) is 2.83. The Bertz CT molecular complexity index is 422. The number of imidazole rings is 1. The van der Waals surface area contributed by atoms with Crippen molar-refractivity contribution in [2.24, 2.45) is 0 Å². The van der Waals surface area contributed by atoms with Gasteiger partial charge in [0.25, 0.3) is 0 Å². The third kappa shape index (κ3) is 1.59. The van der Waals surface area contributed by atoms with Crippen LogP contribution in [0.2, 0.25) is 0 Å². The second-order valence-corrected chi connectivity index (χ2v) is 2.83. The zero-order chi connectivity index (χ0) is 9.97. The summed E-state index contributed by atoms with van der Waals surface area (Å²) in [5.41, 5.74) is 1.47. The van der Waals surface area contributed by atoms with Gasteiger partial charge < -0.3 is 4.74 Å². The molecule has 0 amide bonds. The van der Waals surface area contributed by atoms with Crippen LogP contribution in [0, 0.1) is 0 Å². The molecule has 0 aliphatic rings. The fourth-order valence-electron chi connectivity index (χ4n) is 1.21. The van der Waals surface area contributed by atoms with Crippen LogP contribution in [0.25, 0.3) is 11.3 Å². The molecule has 2 aromatic rings. The number of aromatic nitrogens is 2. The van der Waals surface area contributed by atoms with Gasteiger partial charge in [-0.15, -0.1) is 0 Å². The lowest BCUT2D eigenvalue weighted by Gasteiger charge is -1.99. The number of hydrogen-bond acceptors (Lipinski definition) is 2. The van der Waals surface area contributed by atoms with E-state index in [1.165, 1.54) is 6.20 Å². The van der Waals surface area contributed by atoms with Crippen molar-refractivity contribution in [1.82, 2.24) is 9.77 Å². The van der Waals surface area contributed by atoms with Gasteiger partial charge in [-0.1, -0.05) is 4.48 Å². The van der Waals surface area contributed by atoms with Crippen LogP contribution in [0.5, 0.6) is 5.75 Å². The quantitative estimate of drug-likeness (QED) is 0.729. The zero-order valence-corrected chi connectivity index (χ0v) is 7.64. The highest BCUT2D eigenvalue weighted by molar-refractivity contribution is 5.59. The van der Waals surface area contributed by atoms with Crippen molar-refractivity contribution in [2.45, 2.75) is 0 Å². The summed E-state index contributed by atoms with van der Waals surface area (Å²) >= 11 is 0. The topological polar surface area (TPSA) is 27.1 Å². The molecule has 14 heavy (non-hydrogen) atoms. The molecular formula is C10H9FN2O. The predicted octanol–water partition coefficient (Wildman–Crippen LogP) is 2.29. The summed E-state index contributed by atoms with van der Waals surface area (Å²) in [4.78, 5) is 4.32. The maximum absolute atomic E-state index is 12.6. The zero-order valence-electron chi connectivity index (χ0n) is 7.64. The third-order valence-corrected chi connectivity index (χ3v) is 1.94. The molecule has 2 rings (SSSR count). The summed E-state index contributed by atoms with van der Waals surface area (Å²) in [6.45, 7) is 0. The molecule has 3 nitrogen and oxygen atoms in total. The Morgan fingerprint density at radius 3 is 2.50 bits per heavy atom. The Kier molecular flexibility index (Phi) is 2.18. The fourth-order valence-corrected chi connectivity index (χ4v) is 1.21. The summed E-state index contributed by atoms with van der Waals surface area (Å²) in [7, 11) is 1.60. The number of halogens is 1. The standard InChI is InChI=1S/C10H9FN2O/c1-14-9-4-2-8(3-5-9)10-6-13(11)7-12-10/h2-7H,1H3. The highest BCUT2D eigenvalue weighted by Crippen LogP contribution is 2.20. The summed E-state index contributed by atoms with van der Waals surface area (Å²) in [6, 6.07) is 7.29. The Labute approximate surface area is 80.7 Å². The minimum Gasteiger partial charge on any atom is -0.497 e. The Hall–Kier alpha value is -1.84. The van der Waals surface area contributed by atoms with E-state index in [4.69, 9.17) is 4.74 Å². The van der Waals surface area contributed by atoms with E-state index in [-0.39, 0.29) is 0 Å². The molecule has 0 aliphatic heterocycles. The van der Waals surface area contributed by atoms with Crippen molar-refractivity contribution < 1.29 is 9.22 Å². The van der Waals surface area contributed by atoms with Crippen molar-refractivity contribution in [3.05, 3.63) is 36.8 Å². The largest absolute Gasteiger partial charge is 0.497 e. The SMILES string of the molecule is COc1ccc(-c2cn(F)cn2)cc1. The molecule has 0 atom stereocenters. The highest BCUT2D eigenvalue weighted by atomic mass is 19.2. The first-order valence-corrected chi connectivity index (χ1v) is 4.14. The molecule has 72 valence electrons. The van der Waals surface area contributed by atoms with Crippen molar-refractivity contribution in [3.63, 3.8) is 0 Å². The van der Waals surface area contributed by atoms with Crippen LogP contribution in [-0.2, 0) is 0 Å². The molecule has 0 saturated carbocycles.